The van der Waals surface area contributed by atoms with Crippen LogP contribution in [0, 0.1) is 0 Å². The molecule has 5 rings (SSSR count). The number of aromatic nitrogens is 6. The normalized spacial score (nSPS) is 11.7. The molecule has 10 heteroatoms. The summed E-state index contributed by atoms with van der Waals surface area (Å²) in [6, 6.07) is 20.0. The maximum Gasteiger partial charge on any atom is 0.332 e. The predicted octanol–water partition coefficient (Wildman–Crippen LogP) is 6.55. The molecular weight excluding hydrogens is 532 g/mol. The molecule has 5 aromatic rings. The number of carbonyl (C=O) groups is 1. The van der Waals surface area contributed by atoms with Crippen molar-refractivity contribution in [2.45, 2.75) is 39.2 Å². The minimum atomic E-state index is -0.966. The standard InChI is InChI=1S/C29H27ClN6O2S/c1-2-3-10-26-31-27(30)25(17-21(29(37)38)16-22-7-6-15-39-22)36(26)18-19-11-13-20(14-12-19)23-8-4-5-9-24(23)28-32-34-35-33-28/h4-9,11-15,17H,2-3,10,16,18H2,1H3,(H,37,38)(H,32,33,34,35)/b21-17-. The van der Waals surface area contributed by atoms with Crippen molar-refractivity contribution < 1.29 is 9.90 Å². The SMILES string of the molecule is CCCCc1nc(Cl)c(/C=C(/Cc2cccs2)C(=O)O)n1Cc1ccc(-c2ccccc2-c2nn[nH]n2)cc1. The Labute approximate surface area is 235 Å². The van der Waals surface area contributed by atoms with Gasteiger partial charge in [-0.05, 0) is 45.8 Å². The number of carboxylic acid groups (broad SMARTS) is 1. The quantitative estimate of drug-likeness (QED) is 0.178. The maximum atomic E-state index is 12.1. The maximum absolute atomic E-state index is 12.1. The Hall–Kier alpha value is -4.08. The largest absolute Gasteiger partial charge is 0.478 e. The van der Waals surface area contributed by atoms with Crippen molar-refractivity contribution in [1.82, 2.24) is 30.2 Å². The molecule has 0 aliphatic heterocycles. The lowest BCUT2D eigenvalue weighted by Gasteiger charge is -2.13. The molecule has 8 nitrogen and oxygen atoms in total. The van der Waals surface area contributed by atoms with Crippen LogP contribution in [0.2, 0.25) is 5.15 Å². The first-order chi connectivity index (χ1) is 19.0. The molecule has 0 bridgehead atoms. The van der Waals surface area contributed by atoms with Crippen LogP contribution in [0.1, 0.15) is 41.7 Å². The zero-order valence-electron chi connectivity index (χ0n) is 21.3. The Bertz CT molecular complexity index is 1570. The second kappa shape index (κ2) is 12.2. The topological polar surface area (TPSA) is 110 Å². The molecule has 0 saturated heterocycles. The number of halogens is 1. The third kappa shape index (κ3) is 6.16. The van der Waals surface area contributed by atoms with Crippen LogP contribution in [0.4, 0.5) is 0 Å². The summed E-state index contributed by atoms with van der Waals surface area (Å²) in [7, 11) is 0. The molecule has 2 aromatic carbocycles. The minimum absolute atomic E-state index is 0.274. The molecule has 0 atom stereocenters. The lowest BCUT2D eigenvalue weighted by Crippen LogP contribution is -2.09. The summed E-state index contributed by atoms with van der Waals surface area (Å²) in [4.78, 5) is 17.7. The van der Waals surface area contributed by atoms with E-state index in [2.05, 4.69) is 56.8 Å². The van der Waals surface area contributed by atoms with Gasteiger partial charge in [0.25, 0.3) is 0 Å². The molecule has 0 fully saturated rings. The van der Waals surface area contributed by atoms with Crippen LogP contribution in [-0.2, 0) is 24.2 Å². The molecule has 39 heavy (non-hydrogen) atoms. The van der Waals surface area contributed by atoms with Crippen molar-refractivity contribution in [2.75, 3.05) is 0 Å². The summed E-state index contributed by atoms with van der Waals surface area (Å²) in [5.74, 6) is 0.420. The van der Waals surface area contributed by atoms with Crippen LogP contribution in [-0.4, -0.2) is 41.3 Å². The number of nitrogens with one attached hydrogen (secondary N) is 1. The number of tetrazole rings is 1. The van der Waals surface area contributed by atoms with Crippen LogP contribution in [0.25, 0.3) is 28.6 Å². The highest BCUT2D eigenvalue weighted by molar-refractivity contribution is 7.09. The summed E-state index contributed by atoms with van der Waals surface area (Å²) >= 11 is 8.14. The zero-order chi connectivity index (χ0) is 27.2. The van der Waals surface area contributed by atoms with Gasteiger partial charge < -0.3 is 9.67 Å². The van der Waals surface area contributed by atoms with Crippen LogP contribution in [0.3, 0.4) is 0 Å². The molecule has 198 valence electrons. The van der Waals surface area contributed by atoms with E-state index in [1.54, 1.807) is 6.08 Å². The van der Waals surface area contributed by atoms with Gasteiger partial charge >= 0.3 is 5.97 Å². The molecule has 0 spiro atoms. The van der Waals surface area contributed by atoms with E-state index >= 15 is 0 Å². The van der Waals surface area contributed by atoms with Gasteiger partial charge in [-0.2, -0.15) is 5.21 Å². The van der Waals surface area contributed by atoms with E-state index < -0.39 is 5.97 Å². The van der Waals surface area contributed by atoms with Crippen LogP contribution in [0.15, 0.2) is 71.6 Å². The van der Waals surface area contributed by atoms with Crippen LogP contribution < -0.4 is 0 Å². The first kappa shape index (κ1) is 26.5. The van der Waals surface area contributed by atoms with E-state index in [9.17, 15) is 9.90 Å². The number of rotatable bonds is 11. The molecular formula is C29H27ClN6O2S. The number of nitrogens with zero attached hydrogens (tertiary/aromatic N) is 5. The molecule has 0 aliphatic rings. The van der Waals surface area contributed by atoms with Gasteiger partial charge in [-0.3, -0.25) is 0 Å². The number of benzene rings is 2. The van der Waals surface area contributed by atoms with Crippen molar-refractivity contribution in [3.05, 3.63) is 98.7 Å². The summed E-state index contributed by atoms with van der Waals surface area (Å²) in [5.41, 5.74) is 4.86. The van der Waals surface area contributed by atoms with Gasteiger partial charge in [-0.15, -0.1) is 21.5 Å². The number of aryl methyl sites for hydroxylation is 1. The number of hydrogen-bond donors (Lipinski definition) is 2. The Kier molecular flexibility index (Phi) is 8.29. The molecule has 0 radical (unpaired) electrons. The number of H-pyrrole nitrogens is 1. The Morgan fingerprint density at radius 3 is 2.56 bits per heavy atom. The van der Waals surface area contributed by atoms with E-state index in [1.807, 2.05) is 46.3 Å². The molecule has 3 aromatic heterocycles. The van der Waals surface area contributed by atoms with Crippen LogP contribution >= 0.6 is 22.9 Å². The monoisotopic (exact) mass is 558 g/mol. The fourth-order valence-electron chi connectivity index (χ4n) is 4.45. The average Bonchev–Trinajstić information content (AvgIpc) is 3.72. The molecule has 2 N–H and O–H groups in total. The first-order valence-electron chi connectivity index (χ1n) is 12.7. The number of unbranched alkanes of at least 4 members (excludes halogenated alkanes) is 1. The van der Waals surface area contributed by atoms with Gasteiger partial charge in [0.05, 0.1) is 5.69 Å². The first-order valence-corrected chi connectivity index (χ1v) is 13.9. The van der Waals surface area contributed by atoms with E-state index in [0.29, 0.717) is 29.6 Å². The van der Waals surface area contributed by atoms with Gasteiger partial charge in [-0.25, -0.2) is 9.78 Å². The average molecular weight is 559 g/mol. The second-order valence-corrected chi connectivity index (χ2v) is 10.5. The van der Waals surface area contributed by atoms with Gasteiger partial charge in [0.1, 0.15) is 5.82 Å². The van der Waals surface area contributed by atoms with Crippen molar-refractivity contribution in [3.63, 3.8) is 0 Å². The fraction of sp³-hybridized carbons (Fsp3) is 0.207. The highest BCUT2D eigenvalue weighted by Gasteiger charge is 2.18. The summed E-state index contributed by atoms with van der Waals surface area (Å²) in [6.07, 6.45) is 4.73. The van der Waals surface area contributed by atoms with E-state index in [1.165, 1.54) is 11.3 Å². The van der Waals surface area contributed by atoms with Crippen LogP contribution in [0.5, 0.6) is 0 Å². The zero-order valence-corrected chi connectivity index (χ0v) is 22.9. The molecule has 0 aliphatic carbocycles. The molecule has 0 unspecified atom stereocenters. The molecule has 0 saturated carbocycles. The third-order valence-corrected chi connectivity index (χ3v) is 7.60. The Morgan fingerprint density at radius 1 is 1.10 bits per heavy atom. The minimum Gasteiger partial charge on any atom is -0.478 e. The number of aromatic amines is 1. The van der Waals surface area contributed by atoms with Crippen molar-refractivity contribution in [1.29, 1.82) is 0 Å². The Morgan fingerprint density at radius 2 is 1.90 bits per heavy atom. The van der Waals surface area contributed by atoms with Crippen molar-refractivity contribution in [3.8, 4) is 22.5 Å². The molecule has 3 heterocycles. The summed E-state index contributed by atoms with van der Waals surface area (Å²) < 4.78 is 2.04. The van der Waals surface area contributed by atoms with Gasteiger partial charge in [0.15, 0.2) is 5.15 Å². The van der Waals surface area contributed by atoms with Crippen molar-refractivity contribution >= 4 is 35.0 Å². The number of carboxylic acids is 1. The lowest BCUT2D eigenvalue weighted by atomic mass is 9.98. The number of imidazole rings is 1. The number of hydrogen-bond acceptors (Lipinski definition) is 6. The lowest BCUT2D eigenvalue weighted by molar-refractivity contribution is -0.132. The van der Waals surface area contributed by atoms with Gasteiger partial charge in [-0.1, -0.05) is 79.5 Å². The molecule has 0 amide bonds. The van der Waals surface area contributed by atoms with Crippen molar-refractivity contribution in [2.24, 2.45) is 0 Å². The van der Waals surface area contributed by atoms with E-state index in [-0.39, 0.29) is 5.57 Å². The Balaban J connectivity index is 1.48. The second-order valence-electron chi connectivity index (χ2n) is 9.10. The highest BCUT2D eigenvalue weighted by atomic mass is 35.5. The predicted molar refractivity (Wildman–Crippen MR) is 154 cm³/mol. The highest BCUT2D eigenvalue weighted by Crippen LogP contribution is 2.30. The summed E-state index contributed by atoms with van der Waals surface area (Å²) in [5, 5.41) is 26.7. The van der Waals surface area contributed by atoms with E-state index in [4.69, 9.17) is 11.6 Å². The summed E-state index contributed by atoms with van der Waals surface area (Å²) in [6.45, 7) is 2.65. The van der Waals surface area contributed by atoms with Gasteiger partial charge in [0, 0.05) is 35.4 Å². The number of aliphatic carboxylic acids is 1. The van der Waals surface area contributed by atoms with E-state index in [0.717, 1.165) is 52.2 Å². The third-order valence-electron chi connectivity index (χ3n) is 6.44. The fourth-order valence-corrected chi connectivity index (χ4v) is 5.44. The number of thiophene rings is 1. The van der Waals surface area contributed by atoms with Gasteiger partial charge in [0.2, 0.25) is 5.82 Å². The smallest absolute Gasteiger partial charge is 0.332 e.